The fourth-order valence-electron chi connectivity index (χ4n) is 4.38. The van der Waals surface area contributed by atoms with Gasteiger partial charge in [0.15, 0.2) is 9.84 Å². The van der Waals surface area contributed by atoms with Crippen LogP contribution >= 0.6 is 0 Å². The number of alkyl halides is 2. The van der Waals surface area contributed by atoms with Crippen molar-refractivity contribution in [2.24, 2.45) is 17.6 Å². The molecular weight excluding hydrogens is 544 g/mol. The third-order valence-corrected chi connectivity index (χ3v) is 8.78. The second kappa shape index (κ2) is 10.6. The second-order valence-electron chi connectivity index (χ2n) is 10.3. The molecule has 1 saturated heterocycles. The second-order valence-corrected chi connectivity index (χ2v) is 12.6. The van der Waals surface area contributed by atoms with Gasteiger partial charge in [0, 0.05) is 42.1 Å². The van der Waals surface area contributed by atoms with Gasteiger partial charge in [-0.15, -0.1) is 0 Å². The van der Waals surface area contributed by atoms with E-state index in [1.807, 2.05) is 0 Å². The zero-order valence-electron chi connectivity index (χ0n) is 21.5. The Morgan fingerprint density at radius 2 is 1.62 bits per heavy atom. The van der Waals surface area contributed by atoms with Gasteiger partial charge in [-0.25, -0.2) is 13.4 Å². The van der Waals surface area contributed by atoms with Gasteiger partial charge >= 0.3 is 5.92 Å². The van der Waals surface area contributed by atoms with Crippen LogP contribution in [-0.4, -0.2) is 65.6 Å². The Balaban J connectivity index is 0.000000477. The highest BCUT2D eigenvalue weighted by molar-refractivity contribution is 7.91. The number of carbonyl (C=O) groups excluding carboxylic acids is 3. The number of nitrogens with one attached hydrogen (secondary N) is 2. The van der Waals surface area contributed by atoms with Gasteiger partial charge in [0.25, 0.3) is 5.91 Å². The summed E-state index contributed by atoms with van der Waals surface area (Å²) in [5.74, 6) is -5.44. The number of rotatable bonds is 6. The SMILES string of the molecule is NC(=O)C1CC1.O=C(Nc1cc(-c2ccc(C(F)(F)C(=O)N3CCS(=O)(=O)CC3)cc2)c2cc[nH]c2n1)C1CC1. The lowest BCUT2D eigenvalue weighted by Gasteiger charge is -2.30. The molecule has 3 aliphatic rings. The van der Waals surface area contributed by atoms with E-state index in [1.165, 1.54) is 24.3 Å². The summed E-state index contributed by atoms with van der Waals surface area (Å²) in [5.41, 5.74) is 6.24. The number of sulfone groups is 1. The zero-order valence-corrected chi connectivity index (χ0v) is 22.3. The molecule has 3 aromatic rings. The average Bonchev–Trinajstić information content (AvgIpc) is 3.85. The van der Waals surface area contributed by atoms with Gasteiger partial charge in [-0.1, -0.05) is 24.3 Å². The van der Waals surface area contributed by atoms with Gasteiger partial charge in [-0.3, -0.25) is 14.4 Å². The van der Waals surface area contributed by atoms with Gasteiger partial charge < -0.3 is 20.9 Å². The number of anilines is 1. The molecule has 13 heteroatoms. The Kier molecular flexibility index (Phi) is 7.34. The molecule has 1 aromatic carbocycles. The van der Waals surface area contributed by atoms with E-state index >= 15 is 0 Å². The van der Waals surface area contributed by atoms with Crippen LogP contribution in [0.3, 0.4) is 0 Å². The van der Waals surface area contributed by atoms with Gasteiger partial charge in [-0.2, -0.15) is 8.78 Å². The third-order valence-electron chi connectivity index (χ3n) is 7.17. The number of pyridine rings is 1. The Bertz CT molecular complexity index is 1550. The van der Waals surface area contributed by atoms with Crippen LogP contribution in [0.15, 0.2) is 42.6 Å². The number of benzene rings is 1. The largest absolute Gasteiger partial charge is 0.369 e. The monoisotopic (exact) mass is 573 g/mol. The van der Waals surface area contributed by atoms with Crippen LogP contribution in [0.5, 0.6) is 0 Å². The van der Waals surface area contributed by atoms with E-state index in [4.69, 9.17) is 5.73 Å². The zero-order chi connectivity index (χ0) is 28.7. The summed E-state index contributed by atoms with van der Waals surface area (Å²) in [6, 6.07) is 8.87. The summed E-state index contributed by atoms with van der Waals surface area (Å²) in [5, 5.41) is 3.56. The van der Waals surface area contributed by atoms with Crippen molar-refractivity contribution in [3.05, 3.63) is 48.2 Å². The van der Waals surface area contributed by atoms with Crippen LogP contribution in [0.1, 0.15) is 31.2 Å². The maximum absolute atomic E-state index is 15.0. The number of primary amides is 1. The minimum absolute atomic E-state index is 0.00338. The number of nitrogens with two attached hydrogens (primary N) is 1. The topological polar surface area (TPSA) is 155 Å². The fourth-order valence-corrected chi connectivity index (χ4v) is 5.58. The minimum atomic E-state index is -3.79. The summed E-state index contributed by atoms with van der Waals surface area (Å²) in [6.45, 7) is -0.487. The number of hydrogen-bond donors (Lipinski definition) is 3. The van der Waals surface area contributed by atoms with E-state index < -0.39 is 27.2 Å². The number of halogens is 2. The molecular formula is C27H29F2N5O5S. The lowest BCUT2D eigenvalue weighted by molar-refractivity contribution is -0.158. The molecule has 1 aliphatic heterocycles. The fraction of sp³-hybridized carbons (Fsp3) is 0.407. The predicted molar refractivity (Wildman–Crippen MR) is 144 cm³/mol. The van der Waals surface area contributed by atoms with Crippen molar-refractivity contribution in [3.63, 3.8) is 0 Å². The van der Waals surface area contributed by atoms with Crippen LogP contribution < -0.4 is 11.1 Å². The minimum Gasteiger partial charge on any atom is -0.369 e. The molecule has 3 fully saturated rings. The Labute approximate surface area is 229 Å². The van der Waals surface area contributed by atoms with E-state index in [9.17, 15) is 31.6 Å². The summed E-state index contributed by atoms with van der Waals surface area (Å²) < 4.78 is 53.0. The first-order valence-corrected chi connectivity index (χ1v) is 14.8. The Hall–Kier alpha value is -3.87. The molecule has 212 valence electrons. The Morgan fingerprint density at radius 1 is 1.00 bits per heavy atom. The first-order valence-electron chi connectivity index (χ1n) is 13.0. The van der Waals surface area contributed by atoms with E-state index in [0.717, 1.165) is 36.0 Å². The van der Waals surface area contributed by atoms with Crippen LogP contribution in [-0.2, 0) is 30.1 Å². The number of fused-ring (bicyclic) bond motifs is 1. The lowest BCUT2D eigenvalue weighted by Crippen LogP contribution is -2.49. The van der Waals surface area contributed by atoms with Gasteiger partial charge in [-0.05, 0) is 48.9 Å². The molecule has 2 aromatic heterocycles. The molecule has 0 atom stereocenters. The van der Waals surface area contributed by atoms with E-state index in [1.54, 1.807) is 18.3 Å². The Morgan fingerprint density at radius 3 is 2.17 bits per heavy atom. The van der Waals surface area contributed by atoms with Crippen molar-refractivity contribution < 1.29 is 31.6 Å². The maximum Gasteiger partial charge on any atom is 0.349 e. The van der Waals surface area contributed by atoms with E-state index in [0.29, 0.717) is 22.6 Å². The van der Waals surface area contributed by atoms with E-state index in [-0.39, 0.29) is 48.2 Å². The normalized spacial score (nSPS) is 18.5. The maximum atomic E-state index is 15.0. The molecule has 2 aliphatic carbocycles. The summed E-state index contributed by atoms with van der Waals surface area (Å²) >= 11 is 0. The van der Waals surface area contributed by atoms with Crippen molar-refractivity contribution in [2.45, 2.75) is 31.6 Å². The van der Waals surface area contributed by atoms with Gasteiger partial charge in [0.05, 0.1) is 11.5 Å². The molecule has 0 radical (unpaired) electrons. The van der Waals surface area contributed by atoms with Crippen LogP contribution in [0.4, 0.5) is 14.6 Å². The smallest absolute Gasteiger partial charge is 0.349 e. The molecule has 40 heavy (non-hydrogen) atoms. The summed E-state index contributed by atoms with van der Waals surface area (Å²) in [6.07, 6.45) is 5.45. The van der Waals surface area contributed by atoms with Crippen LogP contribution in [0.2, 0.25) is 0 Å². The molecule has 3 amide bonds. The van der Waals surface area contributed by atoms with Crippen molar-refractivity contribution >= 4 is 44.4 Å². The molecule has 10 nitrogen and oxygen atoms in total. The molecule has 4 N–H and O–H groups in total. The standard InChI is InChI=1S/C23H22F2N4O4S.C4H7NO/c24-23(25,22(31)29-9-11-34(32,33)12-10-29)16-5-3-14(4-6-16)18-13-19(28-21(30)15-1-2-15)27-20-17(18)7-8-26-20;5-4(6)3-1-2-3/h3-8,13,15H,1-2,9-12H2,(H2,26,27,28,30);3H,1-2H2,(H2,5,6). The number of hydrogen-bond acceptors (Lipinski definition) is 6. The predicted octanol–water partition coefficient (Wildman–Crippen LogP) is 2.81. The highest BCUT2D eigenvalue weighted by Crippen LogP contribution is 2.36. The highest BCUT2D eigenvalue weighted by Gasteiger charge is 2.45. The molecule has 3 heterocycles. The van der Waals surface area contributed by atoms with Crippen molar-refractivity contribution in [2.75, 3.05) is 29.9 Å². The number of H-pyrrole nitrogens is 1. The molecule has 0 spiro atoms. The third kappa shape index (κ3) is 6.14. The first-order chi connectivity index (χ1) is 18.9. The lowest BCUT2D eigenvalue weighted by atomic mass is 9.99. The first kappa shape index (κ1) is 27.7. The van der Waals surface area contributed by atoms with Crippen molar-refractivity contribution in [1.82, 2.24) is 14.9 Å². The number of aromatic amines is 1. The molecule has 0 bridgehead atoms. The molecule has 2 saturated carbocycles. The number of nitrogens with zero attached hydrogens (tertiary/aromatic N) is 2. The van der Waals surface area contributed by atoms with Crippen LogP contribution in [0.25, 0.3) is 22.2 Å². The van der Waals surface area contributed by atoms with Crippen molar-refractivity contribution in [3.8, 4) is 11.1 Å². The van der Waals surface area contributed by atoms with Gasteiger partial charge in [0.1, 0.15) is 11.5 Å². The van der Waals surface area contributed by atoms with Crippen molar-refractivity contribution in [1.29, 1.82) is 0 Å². The highest BCUT2D eigenvalue weighted by atomic mass is 32.2. The van der Waals surface area contributed by atoms with Crippen LogP contribution in [0, 0.1) is 11.8 Å². The molecule has 6 rings (SSSR count). The summed E-state index contributed by atoms with van der Waals surface area (Å²) in [7, 11) is -3.29. The van der Waals surface area contributed by atoms with Gasteiger partial charge in [0.2, 0.25) is 11.8 Å². The molecule has 0 unspecified atom stereocenters. The van der Waals surface area contributed by atoms with E-state index in [2.05, 4.69) is 15.3 Å². The number of amides is 3. The summed E-state index contributed by atoms with van der Waals surface area (Å²) in [4.78, 5) is 42.9. The number of aromatic nitrogens is 2. The quantitative estimate of drug-likeness (QED) is 0.412. The number of carbonyl (C=O) groups is 3. The average molecular weight is 574 g/mol.